The van der Waals surface area contributed by atoms with Gasteiger partial charge in [-0.25, -0.2) is 5.48 Å². The molecule has 1 rings (SSSR count). The maximum absolute atomic E-state index is 11.4. The molecule has 1 N–H and O–H groups in total. The minimum atomic E-state index is -0.522. The van der Waals surface area contributed by atoms with Crippen LogP contribution in [0.3, 0.4) is 0 Å². The van der Waals surface area contributed by atoms with Crippen molar-refractivity contribution in [1.82, 2.24) is 5.48 Å². The molecule has 0 atom stereocenters. The van der Waals surface area contributed by atoms with Gasteiger partial charge in [-0.3, -0.25) is 19.7 Å². The van der Waals surface area contributed by atoms with E-state index in [1.807, 2.05) is 0 Å². The van der Waals surface area contributed by atoms with Gasteiger partial charge in [0.1, 0.15) is 0 Å². The van der Waals surface area contributed by atoms with E-state index < -0.39 is 10.8 Å². The Labute approximate surface area is 92.3 Å². The second-order valence-corrected chi connectivity index (χ2v) is 3.40. The number of nitro benzene ring substituents is 1. The van der Waals surface area contributed by atoms with Crippen molar-refractivity contribution < 1.29 is 14.6 Å². The third-order valence-electron chi connectivity index (χ3n) is 1.73. The van der Waals surface area contributed by atoms with E-state index in [1.165, 1.54) is 24.3 Å². The molecular formula is C10H12N2O4. The van der Waals surface area contributed by atoms with Gasteiger partial charge in [0.2, 0.25) is 0 Å². The van der Waals surface area contributed by atoms with E-state index in [4.69, 9.17) is 4.84 Å². The highest BCUT2D eigenvalue weighted by atomic mass is 16.7. The zero-order chi connectivity index (χ0) is 12.1. The van der Waals surface area contributed by atoms with Crippen LogP contribution in [0, 0.1) is 10.1 Å². The van der Waals surface area contributed by atoms with Gasteiger partial charge >= 0.3 is 0 Å². The molecule has 86 valence electrons. The maximum Gasteiger partial charge on any atom is 0.274 e. The van der Waals surface area contributed by atoms with Crippen LogP contribution in [0.15, 0.2) is 24.3 Å². The topological polar surface area (TPSA) is 81.5 Å². The van der Waals surface area contributed by atoms with Gasteiger partial charge in [0.15, 0.2) is 0 Å². The lowest BCUT2D eigenvalue weighted by molar-refractivity contribution is -0.384. The van der Waals surface area contributed by atoms with Gasteiger partial charge in [-0.2, -0.15) is 0 Å². The van der Waals surface area contributed by atoms with Crippen molar-refractivity contribution >= 4 is 11.6 Å². The predicted octanol–water partition coefficient (Wildman–Crippen LogP) is 1.66. The number of hydrogen-bond donors (Lipinski definition) is 1. The summed E-state index contributed by atoms with van der Waals surface area (Å²) >= 11 is 0. The zero-order valence-corrected chi connectivity index (χ0v) is 8.97. The number of carbonyl (C=O) groups excluding carboxylic acids is 1. The molecule has 6 nitrogen and oxygen atoms in total. The van der Waals surface area contributed by atoms with Crippen LogP contribution in [0.5, 0.6) is 0 Å². The molecule has 0 radical (unpaired) electrons. The van der Waals surface area contributed by atoms with Crippen LogP contribution < -0.4 is 5.48 Å². The number of carbonyl (C=O) groups is 1. The highest BCUT2D eigenvalue weighted by molar-refractivity contribution is 5.93. The first kappa shape index (κ1) is 12.1. The fraction of sp³-hybridized carbons (Fsp3) is 0.300. The van der Waals surface area contributed by atoms with Crippen molar-refractivity contribution in [2.75, 3.05) is 0 Å². The Kier molecular flexibility index (Phi) is 3.96. The summed E-state index contributed by atoms with van der Waals surface area (Å²) in [6.07, 6.45) is -0.123. The van der Waals surface area contributed by atoms with Crippen molar-refractivity contribution in [3.8, 4) is 0 Å². The van der Waals surface area contributed by atoms with Crippen LogP contribution in [-0.4, -0.2) is 16.9 Å². The summed E-state index contributed by atoms with van der Waals surface area (Å²) in [6.45, 7) is 3.55. The molecule has 1 aromatic carbocycles. The Hall–Kier alpha value is -1.95. The van der Waals surface area contributed by atoms with Gasteiger partial charge < -0.3 is 0 Å². The molecule has 0 fully saturated rings. The second-order valence-electron chi connectivity index (χ2n) is 3.40. The number of nitrogens with zero attached hydrogens (tertiary/aromatic N) is 1. The largest absolute Gasteiger partial charge is 0.274 e. The number of nitrogens with one attached hydrogen (secondary N) is 1. The number of hydroxylamine groups is 1. The Morgan fingerprint density at radius 3 is 2.38 bits per heavy atom. The first-order valence-corrected chi connectivity index (χ1v) is 4.71. The molecule has 0 unspecified atom stereocenters. The highest BCUT2D eigenvalue weighted by Crippen LogP contribution is 2.11. The van der Waals surface area contributed by atoms with Gasteiger partial charge in [-0.1, -0.05) is 0 Å². The van der Waals surface area contributed by atoms with Crippen LogP contribution in [-0.2, 0) is 4.84 Å². The number of amides is 1. The molecule has 0 heterocycles. The summed E-state index contributed by atoms with van der Waals surface area (Å²) in [5.41, 5.74) is 2.50. The molecule has 1 aromatic rings. The minimum absolute atomic E-state index is 0.0543. The van der Waals surface area contributed by atoms with Crippen molar-refractivity contribution in [3.63, 3.8) is 0 Å². The summed E-state index contributed by atoms with van der Waals surface area (Å²) in [4.78, 5) is 26.2. The summed E-state index contributed by atoms with van der Waals surface area (Å²) in [6, 6.07) is 5.28. The average molecular weight is 224 g/mol. The lowest BCUT2D eigenvalue weighted by Gasteiger charge is -2.07. The van der Waals surface area contributed by atoms with Gasteiger partial charge in [0, 0.05) is 17.7 Å². The molecule has 6 heteroatoms. The molecule has 0 saturated carbocycles. The van der Waals surface area contributed by atoms with E-state index in [-0.39, 0.29) is 11.8 Å². The molecule has 1 amide bonds. The molecule has 16 heavy (non-hydrogen) atoms. The lowest BCUT2D eigenvalue weighted by atomic mass is 10.2. The first-order valence-electron chi connectivity index (χ1n) is 4.71. The van der Waals surface area contributed by atoms with Gasteiger partial charge in [0.05, 0.1) is 11.0 Å². The Morgan fingerprint density at radius 1 is 1.38 bits per heavy atom. The Morgan fingerprint density at radius 2 is 1.94 bits per heavy atom. The van der Waals surface area contributed by atoms with Crippen LogP contribution in [0.1, 0.15) is 24.2 Å². The van der Waals surface area contributed by atoms with Gasteiger partial charge in [0.25, 0.3) is 11.6 Å². The third kappa shape index (κ3) is 3.32. The normalized spacial score (nSPS) is 10.2. The molecule has 0 aromatic heterocycles. The molecule has 0 spiro atoms. The van der Waals surface area contributed by atoms with E-state index in [1.54, 1.807) is 13.8 Å². The van der Waals surface area contributed by atoms with Crippen LogP contribution >= 0.6 is 0 Å². The van der Waals surface area contributed by atoms with E-state index in [0.29, 0.717) is 5.56 Å². The fourth-order valence-corrected chi connectivity index (χ4v) is 0.965. The van der Waals surface area contributed by atoms with E-state index in [9.17, 15) is 14.9 Å². The van der Waals surface area contributed by atoms with Crippen LogP contribution in [0.25, 0.3) is 0 Å². The van der Waals surface area contributed by atoms with Crippen LogP contribution in [0.4, 0.5) is 5.69 Å². The standard InChI is InChI=1S/C10H12N2O4/c1-7(2)16-11-10(13)8-3-5-9(6-4-8)12(14)15/h3-7H,1-2H3,(H,11,13). The molecule has 0 saturated heterocycles. The summed E-state index contributed by atoms with van der Waals surface area (Å²) in [5.74, 6) is -0.427. The van der Waals surface area contributed by atoms with E-state index >= 15 is 0 Å². The quantitative estimate of drug-likeness (QED) is 0.623. The number of benzene rings is 1. The second kappa shape index (κ2) is 5.22. The van der Waals surface area contributed by atoms with Crippen molar-refractivity contribution in [2.45, 2.75) is 20.0 Å². The van der Waals surface area contributed by atoms with E-state index in [0.717, 1.165) is 0 Å². The summed E-state index contributed by atoms with van der Waals surface area (Å²) < 4.78 is 0. The van der Waals surface area contributed by atoms with Crippen molar-refractivity contribution in [3.05, 3.63) is 39.9 Å². The molecule has 0 aliphatic carbocycles. The summed E-state index contributed by atoms with van der Waals surface area (Å²) in [7, 11) is 0. The SMILES string of the molecule is CC(C)ONC(=O)c1ccc([N+](=O)[O-])cc1. The third-order valence-corrected chi connectivity index (χ3v) is 1.73. The summed E-state index contributed by atoms with van der Waals surface area (Å²) in [5, 5.41) is 10.4. The van der Waals surface area contributed by atoms with E-state index in [2.05, 4.69) is 5.48 Å². The number of hydrogen-bond acceptors (Lipinski definition) is 4. The van der Waals surface area contributed by atoms with Crippen molar-refractivity contribution in [2.24, 2.45) is 0 Å². The fourth-order valence-electron chi connectivity index (χ4n) is 0.965. The predicted molar refractivity (Wildman–Crippen MR) is 56.8 cm³/mol. The number of nitro groups is 1. The molecule has 0 aliphatic heterocycles. The molecule has 0 bridgehead atoms. The number of non-ortho nitro benzene ring substituents is 1. The van der Waals surface area contributed by atoms with Gasteiger partial charge in [-0.05, 0) is 26.0 Å². The Bertz CT molecular complexity index is 386. The maximum atomic E-state index is 11.4. The highest BCUT2D eigenvalue weighted by Gasteiger charge is 2.09. The lowest BCUT2D eigenvalue weighted by Crippen LogP contribution is -2.26. The minimum Gasteiger partial charge on any atom is -0.271 e. The Balaban J connectivity index is 2.67. The monoisotopic (exact) mass is 224 g/mol. The molecule has 0 aliphatic rings. The van der Waals surface area contributed by atoms with Gasteiger partial charge in [-0.15, -0.1) is 0 Å². The number of rotatable bonds is 4. The van der Waals surface area contributed by atoms with Crippen molar-refractivity contribution in [1.29, 1.82) is 0 Å². The zero-order valence-electron chi connectivity index (χ0n) is 8.97. The smallest absolute Gasteiger partial charge is 0.271 e. The van der Waals surface area contributed by atoms with Crippen LogP contribution in [0.2, 0.25) is 0 Å². The first-order chi connectivity index (χ1) is 7.50. The average Bonchev–Trinajstić information content (AvgIpc) is 2.26. The molecular weight excluding hydrogens is 212 g/mol.